The Balaban J connectivity index is 3.31. The van der Waals surface area contributed by atoms with Gasteiger partial charge >= 0.3 is 0 Å². The van der Waals surface area contributed by atoms with Gasteiger partial charge in [0.15, 0.2) is 5.11 Å². The highest BCUT2D eigenvalue weighted by molar-refractivity contribution is 7.80. The van der Waals surface area contributed by atoms with Gasteiger partial charge in [0.2, 0.25) is 0 Å². The van der Waals surface area contributed by atoms with Crippen LogP contribution in [0.5, 0.6) is 0 Å². The molecule has 0 radical (unpaired) electrons. The van der Waals surface area contributed by atoms with Crippen LogP contribution < -0.4 is 5.73 Å². The molecule has 0 bridgehead atoms. The Morgan fingerprint density at radius 1 is 1.27 bits per heavy atom. The maximum absolute atomic E-state index is 5.40. The molecular formula is C7H17N3S. The Morgan fingerprint density at radius 2 is 1.82 bits per heavy atom. The van der Waals surface area contributed by atoms with Gasteiger partial charge in [-0.05, 0) is 39.3 Å². The van der Waals surface area contributed by atoms with E-state index in [1.165, 1.54) is 0 Å². The molecule has 0 spiro atoms. The van der Waals surface area contributed by atoms with Crippen LogP contribution in [0.2, 0.25) is 0 Å². The molecule has 0 aromatic heterocycles. The Labute approximate surface area is 74.1 Å². The number of rotatable bonds is 4. The van der Waals surface area contributed by atoms with Crippen molar-refractivity contribution in [2.24, 2.45) is 5.73 Å². The average Bonchev–Trinajstić information content (AvgIpc) is 1.86. The van der Waals surface area contributed by atoms with E-state index in [1.807, 2.05) is 11.9 Å². The first kappa shape index (κ1) is 10.7. The minimum atomic E-state index is 0.476. The smallest absolute Gasteiger partial charge is 0.166 e. The summed E-state index contributed by atoms with van der Waals surface area (Å²) >= 11 is 4.79. The highest BCUT2D eigenvalue weighted by atomic mass is 32.1. The molecule has 11 heavy (non-hydrogen) atoms. The fourth-order valence-electron chi connectivity index (χ4n) is 0.734. The maximum Gasteiger partial charge on any atom is 0.166 e. The average molecular weight is 175 g/mol. The Kier molecular flexibility index (Phi) is 5.15. The molecule has 0 heterocycles. The zero-order valence-corrected chi connectivity index (χ0v) is 8.32. The van der Waals surface area contributed by atoms with E-state index in [1.54, 1.807) is 0 Å². The third-order valence-corrected chi connectivity index (χ3v) is 1.79. The molecule has 0 aliphatic heterocycles. The van der Waals surface area contributed by atoms with E-state index in [2.05, 4.69) is 19.0 Å². The summed E-state index contributed by atoms with van der Waals surface area (Å²) in [4.78, 5) is 4.03. The SMILES string of the molecule is CN(C)CCCN(C)C(N)=S. The van der Waals surface area contributed by atoms with E-state index in [4.69, 9.17) is 18.0 Å². The van der Waals surface area contributed by atoms with Gasteiger partial charge in [-0.15, -0.1) is 0 Å². The predicted molar refractivity (Wildman–Crippen MR) is 52.6 cm³/mol. The van der Waals surface area contributed by atoms with Gasteiger partial charge in [0.25, 0.3) is 0 Å². The second kappa shape index (κ2) is 5.32. The lowest BCUT2D eigenvalue weighted by Gasteiger charge is -2.17. The van der Waals surface area contributed by atoms with Crippen LogP contribution in [0.4, 0.5) is 0 Å². The predicted octanol–water partition coefficient (Wildman–Crippen LogP) is 0.113. The molecule has 0 atom stereocenters. The minimum absolute atomic E-state index is 0.476. The standard InChI is InChI=1S/C7H17N3S/c1-9(2)5-4-6-10(3)7(8)11/h4-6H2,1-3H3,(H2,8,11). The molecule has 66 valence electrons. The zero-order valence-electron chi connectivity index (χ0n) is 7.50. The largest absolute Gasteiger partial charge is 0.376 e. The van der Waals surface area contributed by atoms with Crippen LogP contribution in [0.1, 0.15) is 6.42 Å². The molecule has 0 saturated carbocycles. The van der Waals surface area contributed by atoms with Crippen molar-refractivity contribution >= 4 is 17.3 Å². The van der Waals surface area contributed by atoms with E-state index in [-0.39, 0.29) is 0 Å². The summed E-state index contributed by atoms with van der Waals surface area (Å²) < 4.78 is 0. The monoisotopic (exact) mass is 175 g/mol. The number of nitrogens with two attached hydrogens (primary N) is 1. The minimum Gasteiger partial charge on any atom is -0.376 e. The molecule has 4 heteroatoms. The van der Waals surface area contributed by atoms with Gasteiger partial charge in [-0.25, -0.2) is 0 Å². The Hall–Kier alpha value is -0.350. The molecule has 2 N–H and O–H groups in total. The van der Waals surface area contributed by atoms with Crippen molar-refractivity contribution in [1.82, 2.24) is 9.80 Å². The topological polar surface area (TPSA) is 32.5 Å². The summed E-state index contributed by atoms with van der Waals surface area (Å²) in [5.74, 6) is 0. The lowest BCUT2D eigenvalue weighted by molar-refractivity contribution is 0.370. The zero-order chi connectivity index (χ0) is 8.85. The molecule has 3 nitrogen and oxygen atoms in total. The third-order valence-electron chi connectivity index (χ3n) is 1.48. The quantitative estimate of drug-likeness (QED) is 0.615. The molecule has 0 amide bonds. The molecule has 0 aromatic carbocycles. The first-order valence-corrected chi connectivity index (χ1v) is 4.10. The van der Waals surface area contributed by atoms with E-state index in [0.717, 1.165) is 19.5 Å². The van der Waals surface area contributed by atoms with Crippen LogP contribution in [-0.4, -0.2) is 49.1 Å². The molecule has 0 saturated heterocycles. The number of nitrogens with zero attached hydrogens (tertiary/aromatic N) is 2. The van der Waals surface area contributed by atoms with Gasteiger partial charge in [0, 0.05) is 13.6 Å². The normalized spacial score (nSPS) is 10.2. The van der Waals surface area contributed by atoms with Gasteiger partial charge in [0.1, 0.15) is 0 Å². The van der Waals surface area contributed by atoms with E-state index >= 15 is 0 Å². The highest BCUT2D eigenvalue weighted by Gasteiger charge is 1.98. The van der Waals surface area contributed by atoms with Crippen LogP contribution in [0.25, 0.3) is 0 Å². The van der Waals surface area contributed by atoms with Crippen LogP contribution in [0, 0.1) is 0 Å². The highest BCUT2D eigenvalue weighted by Crippen LogP contribution is 1.88. The van der Waals surface area contributed by atoms with E-state index in [9.17, 15) is 0 Å². The summed E-state index contributed by atoms with van der Waals surface area (Å²) in [6.07, 6.45) is 1.10. The Morgan fingerprint density at radius 3 is 2.18 bits per heavy atom. The molecule has 0 rings (SSSR count). The molecular weight excluding hydrogens is 158 g/mol. The fraction of sp³-hybridized carbons (Fsp3) is 0.857. The lowest BCUT2D eigenvalue weighted by atomic mass is 10.4. The van der Waals surface area contributed by atoms with Gasteiger partial charge < -0.3 is 15.5 Å². The summed E-state index contributed by atoms with van der Waals surface area (Å²) in [6, 6.07) is 0. The fourth-order valence-corrected chi connectivity index (χ4v) is 0.826. The number of hydrogen-bond acceptors (Lipinski definition) is 2. The van der Waals surface area contributed by atoms with Crippen molar-refractivity contribution in [2.45, 2.75) is 6.42 Å². The first-order chi connectivity index (χ1) is 5.04. The van der Waals surface area contributed by atoms with Gasteiger partial charge in [0.05, 0.1) is 0 Å². The number of hydrogen-bond donors (Lipinski definition) is 1. The molecule has 0 unspecified atom stereocenters. The third kappa shape index (κ3) is 6.06. The van der Waals surface area contributed by atoms with Crippen LogP contribution in [-0.2, 0) is 0 Å². The number of thiocarbonyl (C=S) groups is 1. The molecule has 0 aliphatic rings. The van der Waals surface area contributed by atoms with Crippen molar-refractivity contribution in [1.29, 1.82) is 0 Å². The van der Waals surface area contributed by atoms with Crippen molar-refractivity contribution in [3.8, 4) is 0 Å². The van der Waals surface area contributed by atoms with Gasteiger partial charge in [-0.1, -0.05) is 0 Å². The van der Waals surface area contributed by atoms with Crippen molar-refractivity contribution in [3.63, 3.8) is 0 Å². The second-order valence-corrected chi connectivity index (χ2v) is 3.33. The summed E-state index contributed by atoms with van der Waals surface area (Å²) in [5.41, 5.74) is 5.40. The van der Waals surface area contributed by atoms with Crippen LogP contribution in [0.3, 0.4) is 0 Å². The van der Waals surface area contributed by atoms with Gasteiger partial charge in [-0.2, -0.15) is 0 Å². The van der Waals surface area contributed by atoms with Crippen LogP contribution in [0.15, 0.2) is 0 Å². The molecule has 0 aliphatic carbocycles. The van der Waals surface area contributed by atoms with Crippen molar-refractivity contribution in [2.75, 3.05) is 34.2 Å². The van der Waals surface area contributed by atoms with E-state index < -0.39 is 0 Å². The van der Waals surface area contributed by atoms with Crippen LogP contribution >= 0.6 is 12.2 Å². The van der Waals surface area contributed by atoms with Crippen molar-refractivity contribution in [3.05, 3.63) is 0 Å². The molecule has 0 fully saturated rings. The molecule has 0 aromatic rings. The van der Waals surface area contributed by atoms with Gasteiger partial charge in [-0.3, -0.25) is 0 Å². The Bertz CT molecular complexity index is 125. The first-order valence-electron chi connectivity index (χ1n) is 3.69. The van der Waals surface area contributed by atoms with E-state index in [0.29, 0.717) is 5.11 Å². The van der Waals surface area contributed by atoms with Crippen molar-refractivity contribution < 1.29 is 0 Å². The summed E-state index contributed by atoms with van der Waals surface area (Å²) in [6.45, 7) is 2.01. The second-order valence-electron chi connectivity index (χ2n) is 2.92. The summed E-state index contributed by atoms with van der Waals surface area (Å²) in [5, 5.41) is 0.476. The maximum atomic E-state index is 5.40. The lowest BCUT2D eigenvalue weighted by Crippen LogP contribution is -2.33. The summed E-state index contributed by atoms with van der Waals surface area (Å²) in [7, 11) is 6.03.